The Morgan fingerprint density at radius 1 is 1.35 bits per heavy atom. The summed E-state index contributed by atoms with van der Waals surface area (Å²) in [6.45, 7) is 7.01. The maximum absolute atomic E-state index is 11.7. The van der Waals surface area contributed by atoms with Gasteiger partial charge in [-0.1, -0.05) is 12.7 Å². The minimum Gasteiger partial charge on any atom is -0.457 e. The zero-order valence-corrected chi connectivity index (χ0v) is 11.4. The fourth-order valence-corrected chi connectivity index (χ4v) is 3.57. The lowest BCUT2D eigenvalue weighted by Gasteiger charge is -2.35. The minimum absolute atomic E-state index is 0.213. The van der Waals surface area contributed by atoms with Crippen molar-refractivity contribution >= 4 is 5.97 Å². The fourth-order valence-electron chi connectivity index (χ4n) is 3.57. The number of aliphatic hydroxyl groups is 3. The van der Waals surface area contributed by atoms with Gasteiger partial charge in [0.1, 0.15) is 17.8 Å². The summed E-state index contributed by atoms with van der Waals surface area (Å²) >= 11 is 0. The molecule has 0 radical (unpaired) electrons. The quantitative estimate of drug-likeness (QED) is 0.431. The van der Waals surface area contributed by atoms with Gasteiger partial charge < -0.3 is 20.1 Å². The second kappa shape index (κ2) is 4.04. The van der Waals surface area contributed by atoms with Crippen molar-refractivity contribution < 1.29 is 24.9 Å². The summed E-state index contributed by atoms with van der Waals surface area (Å²) in [6, 6.07) is 0. The van der Waals surface area contributed by atoms with Crippen LogP contribution < -0.4 is 0 Å². The van der Waals surface area contributed by atoms with Crippen LogP contribution >= 0.6 is 0 Å². The molecule has 3 rings (SSSR count). The van der Waals surface area contributed by atoms with Crippen LogP contribution in [0.4, 0.5) is 0 Å². The van der Waals surface area contributed by atoms with Crippen LogP contribution in [0.2, 0.25) is 0 Å². The molecule has 0 bridgehead atoms. The first-order chi connectivity index (χ1) is 9.25. The molecular weight excluding hydrogens is 260 g/mol. The molecule has 3 aliphatic rings. The maximum atomic E-state index is 11.7. The predicted octanol–water partition coefficient (Wildman–Crippen LogP) is 0.0731. The van der Waals surface area contributed by atoms with Crippen LogP contribution in [0.3, 0.4) is 0 Å². The topological polar surface area (TPSA) is 87.0 Å². The van der Waals surface area contributed by atoms with Gasteiger partial charge >= 0.3 is 5.97 Å². The largest absolute Gasteiger partial charge is 0.457 e. The molecule has 0 spiro atoms. The highest BCUT2D eigenvalue weighted by molar-refractivity contribution is 5.91. The van der Waals surface area contributed by atoms with Crippen molar-refractivity contribution in [3.63, 3.8) is 0 Å². The Morgan fingerprint density at radius 2 is 2.00 bits per heavy atom. The molecule has 5 heteroatoms. The average Bonchev–Trinajstić information content (AvgIpc) is 2.71. The van der Waals surface area contributed by atoms with E-state index in [1.807, 2.05) is 6.92 Å². The molecule has 1 fully saturated rings. The first kappa shape index (κ1) is 13.5. The summed E-state index contributed by atoms with van der Waals surface area (Å²) in [4.78, 5) is 11.7. The molecule has 0 aromatic heterocycles. The lowest BCUT2D eigenvalue weighted by molar-refractivity contribution is -0.148. The number of carbonyl (C=O) groups is 1. The number of allylic oxidation sites excluding steroid dienone is 1. The van der Waals surface area contributed by atoms with E-state index in [4.69, 9.17) is 4.74 Å². The number of aliphatic hydroxyl groups excluding tert-OH is 2. The summed E-state index contributed by atoms with van der Waals surface area (Å²) in [6.07, 6.45) is 0.565. The van der Waals surface area contributed by atoms with Crippen LogP contribution in [-0.2, 0) is 9.53 Å². The van der Waals surface area contributed by atoms with E-state index in [1.165, 1.54) is 6.92 Å². The molecular formula is C15H18O5. The summed E-state index contributed by atoms with van der Waals surface area (Å²) in [5.74, 6) is -1.72. The van der Waals surface area contributed by atoms with Crippen molar-refractivity contribution in [2.24, 2.45) is 11.8 Å². The molecule has 1 heterocycles. The average molecular weight is 278 g/mol. The number of hydrogen-bond acceptors (Lipinski definition) is 5. The molecule has 0 aromatic carbocycles. The lowest BCUT2D eigenvalue weighted by atomic mass is 9.76. The van der Waals surface area contributed by atoms with Crippen LogP contribution in [-0.4, -0.2) is 45.2 Å². The second-order valence-electron chi connectivity index (χ2n) is 6.03. The summed E-state index contributed by atoms with van der Waals surface area (Å²) in [7, 11) is 0. The number of esters is 1. The van der Waals surface area contributed by atoms with E-state index in [1.54, 1.807) is 12.2 Å². The van der Waals surface area contributed by atoms with E-state index in [-0.39, 0.29) is 5.57 Å². The monoisotopic (exact) mass is 278 g/mol. The van der Waals surface area contributed by atoms with E-state index in [0.29, 0.717) is 0 Å². The van der Waals surface area contributed by atoms with Crippen molar-refractivity contribution in [1.82, 2.24) is 0 Å². The molecule has 0 amide bonds. The van der Waals surface area contributed by atoms with Gasteiger partial charge in [0.15, 0.2) is 0 Å². The zero-order chi connectivity index (χ0) is 14.8. The summed E-state index contributed by atoms with van der Waals surface area (Å²) in [5.41, 5.74) is 0.265. The van der Waals surface area contributed by atoms with Gasteiger partial charge in [0.05, 0.1) is 17.9 Å². The van der Waals surface area contributed by atoms with Crippen LogP contribution in [0.15, 0.2) is 35.5 Å². The first-order valence-corrected chi connectivity index (χ1v) is 6.64. The van der Waals surface area contributed by atoms with Crippen molar-refractivity contribution in [2.75, 3.05) is 0 Å². The molecule has 2 aliphatic carbocycles. The zero-order valence-electron chi connectivity index (χ0n) is 11.4. The van der Waals surface area contributed by atoms with Gasteiger partial charge in [-0.25, -0.2) is 4.79 Å². The van der Waals surface area contributed by atoms with Gasteiger partial charge in [-0.05, 0) is 31.1 Å². The number of hydrogen-bond donors (Lipinski definition) is 3. The minimum atomic E-state index is -1.44. The van der Waals surface area contributed by atoms with E-state index in [2.05, 4.69) is 6.58 Å². The number of fused-ring (bicyclic) bond motifs is 3. The predicted molar refractivity (Wildman–Crippen MR) is 70.5 cm³/mol. The van der Waals surface area contributed by atoms with Crippen LogP contribution in [0.1, 0.15) is 13.8 Å². The van der Waals surface area contributed by atoms with E-state index >= 15 is 0 Å². The smallest absolute Gasteiger partial charge is 0.334 e. The van der Waals surface area contributed by atoms with Gasteiger partial charge in [0, 0.05) is 5.57 Å². The molecule has 1 aliphatic heterocycles. The van der Waals surface area contributed by atoms with Crippen molar-refractivity contribution in [2.45, 2.75) is 37.8 Å². The second-order valence-corrected chi connectivity index (χ2v) is 6.03. The van der Waals surface area contributed by atoms with E-state index in [0.717, 1.165) is 11.1 Å². The lowest BCUT2D eigenvalue weighted by Crippen LogP contribution is -2.48. The Hall–Kier alpha value is -1.43. The Morgan fingerprint density at radius 3 is 2.65 bits per heavy atom. The van der Waals surface area contributed by atoms with E-state index in [9.17, 15) is 20.1 Å². The molecule has 0 unspecified atom stereocenters. The van der Waals surface area contributed by atoms with Gasteiger partial charge in [-0.3, -0.25) is 0 Å². The normalized spacial score (nSPS) is 47.1. The Balaban J connectivity index is 2.15. The third-order valence-corrected chi connectivity index (χ3v) is 4.74. The molecule has 1 saturated heterocycles. The standard InChI is InChI=1S/C15H18O5/c1-6-4-9(16)11-7(2)14(18)20-13(11)12-8(6)5-10(17)15(12,3)19/h4-5,9-13,16-17,19H,2H2,1,3H3/t9-,10+,11+,12-,13+,15+/m0/s1. The molecule has 5 nitrogen and oxygen atoms in total. The van der Waals surface area contributed by atoms with Gasteiger partial charge in [-0.15, -0.1) is 0 Å². The van der Waals surface area contributed by atoms with Gasteiger partial charge in [0.25, 0.3) is 0 Å². The van der Waals surface area contributed by atoms with Gasteiger partial charge in [-0.2, -0.15) is 0 Å². The Bertz CT molecular complexity index is 557. The van der Waals surface area contributed by atoms with Crippen molar-refractivity contribution in [1.29, 1.82) is 0 Å². The Kier molecular flexibility index (Phi) is 2.73. The summed E-state index contributed by atoms with van der Waals surface area (Å²) in [5, 5.41) is 30.9. The van der Waals surface area contributed by atoms with Crippen LogP contribution in [0.5, 0.6) is 0 Å². The van der Waals surface area contributed by atoms with Crippen LogP contribution in [0.25, 0.3) is 0 Å². The van der Waals surface area contributed by atoms with Crippen molar-refractivity contribution in [3.8, 4) is 0 Å². The highest BCUT2D eigenvalue weighted by Gasteiger charge is 2.58. The van der Waals surface area contributed by atoms with Crippen LogP contribution in [0, 0.1) is 11.8 Å². The van der Waals surface area contributed by atoms with E-state index < -0.39 is 41.7 Å². The van der Waals surface area contributed by atoms with Crippen molar-refractivity contribution in [3.05, 3.63) is 35.5 Å². The molecule has 6 atom stereocenters. The third-order valence-electron chi connectivity index (χ3n) is 4.74. The summed E-state index contributed by atoms with van der Waals surface area (Å²) < 4.78 is 5.33. The Labute approximate surface area is 116 Å². The highest BCUT2D eigenvalue weighted by Crippen LogP contribution is 2.50. The van der Waals surface area contributed by atoms with Gasteiger partial charge in [0.2, 0.25) is 0 Å². The molecule has 3 N–H and O–H groups in total. The fraction of sp³-hybridized carbons (Fsp3) is 0.533. The third kappa shape index (κ3) is 1.57. The number of ether oxygens (including phenoxy) is 1. The number of rotatable bonds is 0. The number of carbonyl (C=O) groups excluding carboxylic acids is 1. The molecule has 0 aromatic rings. The molecule has 20 heavy (non-hydrogen) atoms. The maximum Gasteiger partial charge on any atom is 0.334 e. The molecule has 108 valence electrons. The first-order valence-electron chi connectivity index (χ1n) is 6.64. The SMILES string of the molecule is C=C1C(=O)O[C@@H]2[C@H]1[C@@H](O)C=C(C)C1=C[C@@H](O)[C@@](C)(O)[C@@H]12. The molecule has 0 saturated carbocycles. The highest BCUT2D eigenvalue weighted by atomic mass is 16.6.